The zero-order chi connectivity index (χ0) is 20.9. The van der Waals surface area contributed by atoms with Crippen molar-refractivity contribution >= 4 is 50.3 Å². The van der Waals surface area contributed by atoms with Gasteiger partial charge in [0.05, 0.1) is 16.5 Å². The van der Waals surface area contributed by atoms with Crippen molar-refractivity contribution in [1.82, 2.24) is 4.57 Å². The number of aromatic hydroxyl groups is 1. The maximum absolute atomic E-state index is 13.3. The van der Waals surface area contributed by atoms with Gasteiger partial charge in [0.15, 0.2) is 0 Å². The zero-order valence-corrected chi connectivity index (χ0v) is 18.0. The largest absolute Gasteiger partial charge is 0.506 e. The molecule has 1 aliphatic carbocycles. The second-order valence-electron chi connectivity index (χ2n) is 7.47. The molecule has 150 valence electrons. The Balaban J connectivity index is 1.98. The van der Waals surface area contributed by atoms with E-state index in [1.807, 2.05) is 0 Å². The Morgan fingerprint density at radius 2 is 1.86 bits per heavy atom. The summed E-state index contributed by atoms with van der Waals surface area (Å²) in [7, 11) is 0. The number of aliphatic carboxylic acids is 1. The van der Waals surface area contributed by atoms with Crippen molar-refractivity contribution in [3.05, 3.63) is 62.7 Å². The smallest absolute Gasteiger partial charge is 0.311 e. The highest BCUT2D eigenvalue weighted by molar-refractivity contribution is 9.10. The summed E-state index contributed by atoms with van der Waals surface area (Å²) >= 11 is 9.50. The van der Waals surface area contributed by atoms with Gasteiger partial charge in [0.1, 0.15) is 5.75 Å². The second-order valence-corrected chi connectivity index (χ2v) is 8.80. The number of nitrogens with zero attached hydrogens (tertiary/aromatic N) is 1. The van der Waals surface area contributed by atoms with Crippen molar-refractivity contribution in [2.75, 3.05) is 0 Å². The van der Waals surface area contributed by atoms with Crippen LogP contribution in [0.4, 0.5) is 0 Å². The first-order valence-corrected chi connectivity index (χ1v) is 10.5. The minimum absolute atomic E-state index is 0.0193. The number of halogens is 2. The molecule has 0 spiro atoms. The number of aromatic nitrogens is 1. The predicted molar refractivity (Wildman–Crippen MR) is 115 cm³/mol. The number of carboxylic acids is 1. The number of benzene rings is 2. The molecule has 1 saturated carbocycles. The number of carboxylic acid groups (broad SMARTS) is 1. The highest BCUT2D eigenvalue weighted by atomic mass is 79.9. The fourth-order valence-corrected chi connectivity index (χ4v) is 4.58. The lowest BCUT2D eigenvalue weighted by Gasteiger charge is -2.31. The van der Waals surface area contributed by atoms with Gasteiger partial charge in [-0.05, 0) is 67.6 Å². The van der Waals surface area contributed by atoms with Gasteiger partial charge in [-0.3, -0.25) is 14.2 Å². The van der Waals surface area contributed by atoms with Crippen LogP contribution in [0.15, 0.2) is 40.9 Å². The van der Waals surface area contributed by atoms with Gasteiger partial charge < -0.3 is 10.2 Å². The number of carbonyl (C=O) groups excluding carboxylic acids is 1. The summed E-state index contributed by atoms with van der Waals surface area (Å²) in [5, 5.41) is 20.8. The lowest BCUT2D eigenvalue weighted by atomic mass is 9.72. The molecule has 2 aromatic carbocycles. The summed E-state index contributed by atoms with van der Waals surface area (Å²) in [6.45, 7) is 1.76. The second kappa shape index (κ2) is 7.50. The van der Waals surface area contributed by atoms with E-state index in [4.69, 9.17) is 11.6 Å². The average Bonchev–Trinajstić information content (AvgIpc) is 2.89. The summed E-state index contributed by atoms with van der Waals surface area (Å²) in [5.41, 5.74) is 2.11. The maximum atomic E-state index is 13.3. The number of carbonyl (C=O) groups is 2. The molecule has 0 bridgehead atoms. The Morgan fingerprint density at radius 1 is 1.21 bits per heavy atom. The van der Waals surface area contributed by atoms with E-state index in [9.17, 15) is 19.8 Å². The molecule has 0 amide bonds. The zero-order valence-electron chi connectivity index (χ0n) is 15.7. The number of rotatable bonds is 4. The minimum atomic E-state index is -0.914. The number of hydrogen-bond acceptors (Lipinski definition) is 3. The Kier molecular flexibility index (Phi) is 5.17. The molecule has 7 heteroatoms. The molecule has 0 saturated heterocycles. The highest BCUT2D eigenvalue weighted by Gasteiger charge is 2.38. The van der Waals surface area contributed by atoms with Crippen LogP contribution in [0.1, 0.15) is 46.8 Å². The molecule has 1 aromatic heterocycles. The van der Waals surface area contributed by atoms with Crippen molar-refractivity contribution in [2.45, 2.75) is 32.1 Å². The molecule has 4 rings (SSSR count). The van der Waals surface area contributed by atoms with Crippen LogP contribution in [0, 0.1) is 12.8 Å². The molecule has 0 aliphatic heterocycles. The predicted octanol–water partition coefficient (Wildman–Crippen LogP) is 5.73. The van der Waals surface area contributed by atoms with Crippen LogP contribution in [0.5, 0.6) is 5.75 Å². The molecule has 1 heterocycles. The van der Waals surface area contributed by atoms with E-state index >= 15 is 0 Å². The van der Waals surface area contributed by atoms with Crippen molar-refractivity contribution in [3.8, 4) is 5.75 Å². The van der Waals surface area contributed by atoms with Crippen molar-refractivity contribution in [1.29, 1.82) is 0 Å². The Morgan fingerprint density at radius 3 is 2.41 bits per heavy atom. The lowest BCUT2D eigenvalue weighted by Crippen LogP contribution is -2.27. The minimum Gasteiger partial charge on any atom is -0.506 e. The van der Waals surface area contributed by atoms with Gasteiger partial charge in [-0.2, -0.15) is 0 Å². The molecule has 1 aliphatic rings. The summed E-state index contributed by atoms with van der Waals surface area (Å²) in [5.74, 6) is -2.03. The van der Waals surface area contributed by atoms with Crippen LogP contribution in [-0.2, 0) is 4.79 Å². The third-order valence-electron chi connectivity index (χ3n) is 5.81. The van der Waals surface area contributed by atoms with Crippen LogP contribution >= 0.6 is 27.5 Å². The van der Waals surface area contributed by atoms with E-state index in [2.05, 4.69) is 15.9 Å². The van der Waals surface area contributed by atoms with Crippen LogP contribution < -0.4 is 0 Å². The summed E-state index contributed by atoms with van der Waals surface area (Å²) in [6, 6.07) is 9.98. The third kappa shape index (κ3) is 3.34. The van der Waals surface area contributed by atoms with Gasteiger partial charge >= 0.3 is 5.97 Å². The van der Waals surface area contributed by atoms with E-state index in [0.29, 0.717) is 27.7 Å². The molecule has 29 heavy (non-hydrogen) atoms. The highest BCUT2D eigenvalue weighted by Crippen LogP contribution is 2.45. The van der Waals surface area contributed by atoms with Crippen LogP contribution in [0.25, 0.3) is 10.9 Å². The van der Waals surface area contributed by atoms with Crippen LogP contribution in [0.3, 0.4) is 0 Å². The van der Waals surface area contributed by atoms with E-state index < -0.39 is 11.9 Å². The molecule has 3 aromatic rings. The number of hydrogen-bond donors (Lipinski definition) is 2. The van der Waals surface area contributed by atoms with E-state index in [0.717, 1.165) is 23.7 Å². The molecule has 2 N–H and O–H groups in total. The molecule has 5 nitrogen and oxygen atoms in total. The fourth-order valence-electron chi connectivity index (χ4n) is 4.16. The lowest BCUT2D eigenvalue weighted by molar-refractivity contribution is -0.141. The maximum Gasteiger partial charge on any atom is 0.311 e. The standard InChI is InChI=1S/C22H19BrClNO4/c1-11-19(20(22(28)29)12-3-2-4-12)15-9-18(26)16(24)10-17(15)25(11)21(27)13-5-7-14(23)8-6-13/h5-10,12,20,26H,2-4H2,1H3,(H,28,29). The van der Waals surface area contributed by atoms with E-state index in [1.165, 1.54) is 16.7 Å². The first-order chi connectivity index (χ1) is 13.8. The first kappa shape index (κ1) is 20.0. The molecule has 1 fully saturated rings. The number of fused-ring (bicyclic) bond motifs is 1. The van der Waals surface area contributed by atoms with E-state index in [-0.39, 0.29) is 22.6 Å². The van der Waals surface area contributed by atoms with Gasteiger partial charge in [-0.15, -0.1) is 0 Å². The Bertz CT molecular complexity index is 1130. The Labute approximate surface area is 181 Å². The monoisotopic (exact) mass is 475 g/mol. The summed E-state index contributed by atoms with van der Waals surface area (Å²) < 4.78 is 2.36. The van der Waals surface area contributed by atoms with Crippen molar-refractivity contribution in [2.24, 2.45) is 5.92 Å². The number of phenols is 1. The molecule has 1 atom stereocenters. The van der Waals surface area contributed by atoms with Crippen LogP contribution in [0.2, 0.25) is 5.02 Å². The van der Waals surface area contributed by atoms with Crippen molar-refractivity contribution < 1.29 is 19.8 Å². The van der Waals surface area contributed by atoms with Gasteiger partial charge in [-0.1, -0.05) is 34.0 Å². The number of phenolic OH excluding ortho intramolecular Hbond substituents is 1. The molecular formula is C22H19BrClNO4. The molecule has 1 unspecified atom stereocenters. The summed E-state index contributed by atoms with van der Waals surface area (Å²) in [4.78, 5) is 25.5. The fraction of sp³-hybridized carbons (Fsp3) is 0.273. The Hall–Kier alpha value is -2.31. The third-order valence-corrected chi connectivity index (χ3v) is 6.65. The van der Waals surface area contributed by atoms with Gasteiger partial charge in [0.2, 0.25) is 0 Å². The van der Waals surface area contributed by atoms with E-state index in [1.54, 1.807) is 31.2 Å². The van der Waals surface area contributed by atoms with Crippen LogP contribution in [-0.4, -0.2) is 26.7 Å². The quantitative estimate of drug-likeness (QED) is 0.504. The average molecular weight is 477 g/mol. The topological polar surface area (TPSA) is 79.5 Å². The molecule has 0 radical (unpaired) electrons. The van der Waals surface area contributed by atoms with Gasteiger partial charge in [-0.25, -0.2) is 0 Å². The van der Waals surface area contributed by atoms with Crippen molar-refractivity contribution in [3.63, 3.8) is 0 Å². The normalized spacial score (nSPS) is 15.3. The molecular weight excluding hydrogens is 458 g/mol. The van der Waals surface area contributed by atoms with Gasteiger partial charge in [0.25, 0.3) is 5.91 Å². The summed E-state index contributed by atoms with van der Waals surface area (Å²) in [6.07, 6.45) is 2.67. The SMILES string of the molecule is Cc1c(C(C(=O)O)C2CCC2)c2cc(O)c(Cl)cc2n1C(=O)c1ccc(Br)cc1. The van der Waals surface area contributed by atoms with Gasteiger partial charge in [0, 0.05) is 21.1 Å². The first-order valence-electron chi connectivity index (χ1n) is 9.36.